The molecule has 0 unspecified atom stereocenters. The number of hydrogen-bond acceptors (Lipinski definition) is 4. The van der Waals surface area contributed by atoms with Gasteiger partial charge in [0.05, 0.1) is 11.2 Å². The second kappa shape index (κ2) is 6.95. The first-order valence-electron chi connectivity index (χ1n) is 6.98. The van der Waals surface area contributed by atoms with Gasteiger partial charge in [0.1, 0.15) is 17.3 Å². The topological polar surface area (TPSA) is 67.7 Å². The van der Waals surface area contributed by atoms with E-state index in [9.17, 15) is 4.79 Å². The summed E-state index contributed by atoms with van der Waals surface area (Å²) in [5.74, 6) is 1.45. The lowest BCUT2D eigenvalue weighted by Gasteiger charge is -2.00. The highest BCUT2D eigenvalue weighted by atomic mass is 35.5. The number of rotatable bonds is 4. The number of hydrogen-bond donors (Lipinski definition) is 1. The van der Waals surface area contributed by atoms with Crippen LogP contribution in [0.15, 0.2) is 56.4 Å². The zero-order chi connectivity index (χ0) is 17.1. The van der Waals surface area contributed by atoms with Crippen molar-refractivity contribution in [1.29, 1.82) is 0 Å². The van der Waals surface area contributed by atoms with Gasteiger partial charge in [-0.3, -0.25) is 4.79 Å². The number of benzene rings is 1. The Kier molecular flexibility index (Phi) is 4.74. The van der Waals surface area contributed by atoms with E-state index in [0.29, 0.717) is 27.3 Å². The highest BCUT2D eigenvalue weighted by molar-refractivity contribution is 6.36. The summed E-state index contributed by atoms with van der Waals surface area (Å²) < 4.78 is 10.8. The molecule has 3 aromatic rings. The molecular formula is C17H12Cl2N2O3. The predicted molar refractivity (Wildman–Crippen MR) is 92.7 cm³/mol. The highest BCUT2D eigenvalue weighted by Crippen LogP contribution is 2.31. The monoisotopic (exact) mass is 362 g/mol. The Hall–Kier alpha value is -2.50. The quantitative estimate of drug-likeness (QED) is 0.529. The van der Waals surface area contributed by atoms with Crippen molar-refractivity contribution in [2.75, 3.05) is 0 Å². The van der Waals surface area contributed by atoms with Gasteiger partial charge < -0.3 is 8.83 Å². The largest absolute Gasteiger partial charge is 0.456 e. The number of nitrogens with one attached hydrogen (secondary N) is 1. The van der Waals surface area contributed by atoms with E-state index < -0.39 is 5.91 Å². The maximum absolute atomic E-state index is 11.8. The van der Waals surface area contributed by atoms with Gasteiger partial charge in [0.15, 0.2) is 5.76 Å². The summed E-state index contributed by atoms with van der Waals surface area (Å²) in [7, 11) is 0. The minimum atomic E-state index is -0.438. The first-order valence-corrected chi connectivity index (χ1v) is 7.73. The van der Waals surface area contributed by atoms with Crippen molar-refractivity contribution in [3.05, 3.63) is 69.8 Å². The van der Waals surface area contributed by atoms with E-state index in [0.717, 1.165) is 5.56 Å². The van der Waals surface area contributed by atoms with E-state index in [4.69, 9.17) is 32.0 Å². The van der Waals surface area contributed by atoms with Crippen LogP contribution >= 0.6 is 23.2 Å². The lowest BCUT2D eigenvalue weighted by Crippen LogP contribution is -2.16. The van der Waals surface area contributed by atoms with Crippen LogP contribution in [0.2, 0.25) is 10.0 Å². The Morgan fingerprint density at radius 2 is 1.96 bits per heavy atom. The number of nitrogens with zero attached hydrogens (tertiary/aromatic N) is 1. The van der Waals surface area contributed by atoms with Crippen LogP contribution in [0.5, 0.6) is 0 Å². The average molecular weight is 363 g/mol. The van der Waals surface area contributed by atoms with Gasteiger partial charge in [-0.05, 0) is 49.4 Å². The minimum absolute atomic E-state index is 0.192. The SMILES string of the molecule is Cc1ccc(C(=O)N/N=C\c2ccc(-c3ccc(Cl)cc3Cl)o2)o1. The molecule has 0 aliphatic carbocycles. The molecule has 1 aromatic carbocycles. The van der Waals surface area contributed by atoms with Gasteiger partial charge in [-0.15, -0.1) is 0 Å². The van der Waals surface area contributed by atoms with Crippen LogP contribution in [0, 0.1) is 6.92 Å². The molecule has 0 spiro atoms. The minimum Gasteiger partial charge on any atom is -0.456 e. The van der Waals surface area contributed by atoms with E-state index in [2.05, 4.69) is 10.5 Å². The summed E-state index contributed by atoms with van der Waals surface area (Å²) in [6.07, 6.45) is 1.39. The number of carbonyl (C=O) groups is 1. The molecule has 5 nitrogen and oxygen atoms in total. The normalized spacial score (nSPS) is 11.1. The molecule has 0 aliphatic rings. The van der Waals surface area contributed by atoms with Gasteiger partial charge in [0.25, 0.3) is 0 Å². The summed E-state index contributed by atoms with van der Waals surface area (Å²) in [5.41, 5.74) is 3.08. The molecule has 2 heterocycles. The molecule has 0 saturated heterocycles. The average Bonchev–Trinajstić information content (AvgIpc) is 3.16. The molecule has 0 atom stereocenters. The Balaban J connectivity index is 1.68. The van der Waals surface area contributed by atoms with Crippen LogP contribution in [0.25, 0.3) is 11.3 Å². The summed E-state index contributed by atoms with van der Waals surface area (Å²) in [6.45, 7) is 1.76. The van der Waals surface area contributed by atoms with E-state index in [-0.39, 0.29) is 5.76 Å². The van der Waals surface area contributed by atoms with Crippen LogP contribution in [0.3, 0.4) is 0 Å². The number of furan rings is 2. The first-order chi connectivity index (χ1) is 11.5. The van der Waals surface area contributed by atoms with Gasteiger partial charge >= 0.3 is 5.91 Å². The summed E-state index contributed by atoms with van der Waals surface area (Å²) >= 11 is 12.0. The van der Waals surface area contributed by atoms with Crippen LogP contribution in [-0.4, -0.2) is 12.1 Å². The van der Waals surface area contributed by atoms with E-state index in [1.165, 1.54) is 6.21 Å². The number of amides is 1. The third kappa shape index (κ3) is 3.69. The van der Waals surface area contributed by atoms with Gasteiger partial charge in [-0.1, -0.05) is 23.2 Å². The molecule has 1 N–H and O–H groups in total. The summed E-state index contributed by atoms with van der Waals surface area (Å²) in [6, 6.07) is 11.9. The molecular weight excluding hydrogens is 351 g/mol. The second-order valence-corrected chi connectivity index (χ2v) is 5.78. The Morgan fingerprint density at radius 3 is 2.67 bits per heavy atom. The number of aryl methyl sites for hydroxylation is 1. The lowest BCUT2D eigenvalue weighted by atomic mass is 10.2. The van der Waals surface area contributed by atoms with Crippen molar-refractivity contribution in [3.63, 3.8) is 0 Å². The molecule has 3 rings (SSSR count). The van der Waals surface area contributed by atoms with Crippen molar-refractivity contribution < 1.29 is 13.6 Å². The zero-order valence-electron chi connectivity index (χ0n) is 12.5. The fraction of sp³-hybridized carbons (Fsp3) is 0.0588. The third-order valence-electron chi connectivity index (χ3n) is 3.15. The maximum Gasteiger partial charge on any atom is 0.307 e. The standard InChI is InChI=1S/C17H12Cl2N2O3/c1-10-2-6-16(23-10)17(22)21-20-9-12-4-7-15(24-12)13-5-3-11(18)8-14(13)19/h2-9H,1H3,(H,21,22)/b20-9-. The summed E-state index contributed by atoms with van der Waals surface area (Å²) in [4.78, 5) is 11.8. The van der Waals surface area contributed by atoms with Crippen molar-refractivity contribution in [2.24, 2.45) is 5.10 Å². The maximum atomic E-state index is 11.8. The number of carbonyl (C=O) groups excluding carboxylic acids is 1. The van der Waals surface area contributed by atoms with Crippen molar-refractivity contribution >= 4 is 35.3 Å². The molecule has 2 aromatic heterocycles. The van der Waals surface area contributed by atoms with Gasteiger partial charge in [-0.25, -0.2) is 5.43 Å². The van der Waals surface area contributed by atoms with Gasteiger partial charge in [0.2, 0.25) is 0 Å². The first kappa shape index (κ1) is 16.4. The molecule has 0 bridgehead atoms. The Morgan fingerprint density at radius 1 is 1.12 bits per heavy atom. The van der Waals surface area contributed by atoms with Crippen molar-refractivity contribution in [2.45, 2.75) is 6.92 Å². The Bertz CT molecular complexity index is 912. The van der Waals surface area contributed by atoms with Crippen LogP contribution in [0.4, 0.5) is 0 Å². The van der Waals surface area contributed by atoms with Crippen molar-refractivity contribution in [1.82, 2.24) is 5.43 Å². The molecule has 0 aliphatic heterocycles. The number of hydrazone groups is 1. The van der Waals surface area contributed by atoms with Gasteiger partial charge in [-0.2, -0.15) is 5.10 Å². The van der Waals surface area contributed by atoms with E-state index in [1.807, 2.05) is 0 Å². The molecule has 0 fully saturated rings. The molecule has 0 saturated carbocycles. The third-order valence-corrected chi connectivity index (χ3v) is 3.69. The molecule has 1 amide bonds. The predicted octanol–water partition coefficient (Wildman–Crippen LogP) is 4.92. The van der Waals surface area contributed by atoms with Crippen LogP contribution in [0.1, 0.15) is 22.1 Å². The lowest BCUT2D eigenvalue weighted by molar-refractivity contribution is 0.0926. The second-order valence-electron chi connectivity index (χ2n) is 4.94. The van der Waals surface area contributed by atoms with Crippen LogP contribution in [-0.2, 0) is 0 Å². The van der Waals surface area contributed by atoms with Gasteiger partial charge in [0, 0.05) is 10.6 Å². The fourth-order valence-electron chi connectivity index (χ4n) is 2.02. The molecule has 122 valence electrons. The zero-order valence-corrected chi connectivity index (χ0v) is 14.1. The van der Waals surface area contributed by atoms with E-state index in [1.54, 1.807) is 49.4 Å². The Labute approximate surface area is 147 Å². The smallest absolute Gasteiger partial charge is 0.307 e. The molecule has 7 heteroatoms. The summed E-state index contributed by atoms with van der Waals surface area (Å²) in [5, 5.41) is 4.88. The van der Waals surface area contributed by atoms with E-state index >= 15 is 0 Å². The van der Waals surface area contributed by atoms with Crippen molar-refractivity contribution in [3.8, 4) is 11.3 Å². The number of halogens is 2. The fourth-order valence-corrected chi connectivity index (χ4v) is 2.52. The molecule has 24 heavy (non-hydrogen) atoms. The molecule has 0 radical (unpaired) electrons. The highest BCUT2D eigenvalue weighted by Gasteiger charge is 2.10. The van der Waals surface area contributed by atoms with Crippen LogP contribution < -0.4 is 5.43 Å².